The molecule has 1 saturated heterocycles. The summed E-state index contributed by atoms with van der Waals surface area (Å²) in [5.74, 6) is 0. The van der Waals surface area contributed by atoms with Crippen molar-refractivity contribution in [2.75, 3.05) is 14.1 Å². The van der Waals surface area contributed by atoms with Crippen molar-refractivity contribution in [1.29, 1.82) is 0 Å². The van der Waals surface area contributed by atoms with Gasteiger partial charge in [0.1, 0.15) is 0 Å². The minimum Gasteiger partial charge on any atom is -0.390 e. The minimum atomic E-state index is 1.13. The first-order chi connectivity index (χ1) is 4.18. The number of nitrogens with one attached hydrogen (secondary N) is 1. The van der Waals surface area contributed by atoms with Crippen LogP contribution in [0.25, 0.3) is 0 Å². The Morgan fingerprint density at radius 3 is 2.22 bits per heavy atom. The molecule has 1 rings (SSSR count). The molecule has 0 aliphatic carbocycles. The van der Waals surface area contributed by atoms with Gasteiger partial charge in [-0.3, -0.25) is 0 Å². The molecular formula is C7H12N2. The zero-order valence-corrected chi connectivity index (χ0v) is 6.15. The second-order valence-corrected chi connectivity index (χ2v) is 2.23. The highest BCUT2D eigenvalue weighted by Gasteiger charge is 2.28. The zero-order valence-electron chi connectivity index (χ0n) is 6.15. The van der Waals surface area contributed by atoms with Crippen molar-refractivity contribution in [2.24, 2.45) is 0 Å². The van der Waals surface area contributed by atoms with Crippen LogP contribution in [-0.4, -0.2) is 19.0 Å². The lowest BCUT2D eigenvalue weighted by molar-refractivity contribution is 0.755. The Morgan fingerprint density at radius 1 is 1.67 bits per heavy atom. The predicted molar refractivity (Wildman–Crippen MR) is 38.7 cm³/mol. The molecular weight excluding hydrogens is 112 g/mol. The smallest absolute Gasteiger partial charge is 0.0833 e. The molecule has 0 aromatic carbocycles. The second-order valence-electron chi connectivity index (χ2n) is 2.23. The van der Waals surface area contributed by atoms with Gasteiger partial charge in [0.05, 0.1) is 11.4 Å². The Kier molecular flexibility index (Phi) is 1.24. The van der Waals surface area contributed by atoms with Crippen LogP contribution >= 0.6 is 0 Å². The van der Waals surface area contributed by atoms with Gasteiger partial charge >= 0.3 is 0 Å². The van der Waals surface area contributed by atoms with E-state index in [1.54, 1.807) is 0 Å². The maximum absolute atomic E-state index is 3.83. The third-order valence-electron chi connectivity index (χ3n) is 1.69. The van der Waals surface area contributed by atoms with Gasteiger partial charge < -0.3 is 10.2 Å². The molecule has 0 bridgehead atoms. The van der Waals surface area contributed by atoms with Gasteiger partial charge in [0.15, 0.2) is 0 Å². The van der Waals surface area contributed by atoms with Crippen LogP contribution < -0.4 is 5.32 Å². The molecule has 1 aliphatic heterocycles. The molecule has 2 heteroatoms. The zero-order chi connectivity index (χ0) is 7.02. The Labute approximate surface area is 55.9 Å². The third-order valence-corrected chi connectivity index (χ3v) is 1.69. The molecule has 0 amide bonds. The number of allylic oxidation sites excluding steroid dienone is 1. The van der Waals surface area contributed by atoms with Gasteiger partial charge in [-0.25, -0.2) is 0 Å². The maximum Gasteiger partial charge on any atom is 0.0833 e. The van der Waals surface area contributed by atoms with E-state index in [0.29, 0.717) is 0 Å². The van der Waals surface area contributed by atoms with E-state index in [9.17, 15) is 0 Å². The van der Waals surface area contributed by atoms with E-state index in [0.717, 1.165) is 5.70 Å². The van der Waals surface area contributed by atoms with Crippen molar-refractivity contribution < 1.29 is 0 Å². The molecule has 1 N–H and O–H groups in total. The van der Waals surface area contributed by atoms with E-state index in [1.165, 1.54) is 11.4 Å². The fourth-order valence-corrected chi connectivity index (χ4v) is 0.878. The molecule has 0 radical (unpaired) electrons. The molecule has 0 atom stereocenters. The largest absolute Gasteiger partial charge is 0.390 e. The van der Waals surface area contributed by atoms with E-state index < -0.39 is 0 Å². The lowest BCUT2D eigenvalue weighted by Gasteiger charge is -1.93. The second kappa shape index (κ2) is 1.79. The van der Waals surface area contributed by atoms with Crippen molar-refractivity contribution in [3.63, 3.8) is 0 Å². The van der Waals surface area contributed by atoms with Crippen LogP contribution in [0.5, 0.6) is 0 Å². The third kappa shape index (κ3) is 0.803. The number of likely N-dealkylation sites (N-methyl/N-ethyl adjacent to an activating group) is 1. The van der Waals surface area contributed by atoms with E-state index in [4.69, 9.17) is 0 Å². The quantitative estimate of drug-likeness (QED) is 0.522. The van der Waals surface area contributed by atoms with E-state index >= 15 is 0 Å². The average molecular weight is 124 g/mol. The predicted octanol–water partition coefficient (Wildman–Crippen LogP) is 0.896. The highest BCUT2D eigenvalue weighted by molar-refractivity contribution is 5.46. The monoisotopic (exact) mass is 124 g/mol. The molecule has 0 saturated carbocycles. The van der Waals surface area contributed by atoms with E-state index in [2.05, 4.69) is 16.8 Å². The Hall–Kier alpha value is -0.920. The summed E-state index contributed by atoms with van der Waals surface area (Å²) in [6.07, 6.45) is 0. The van der Waals surface area contributed by atoms with E-state index in [1.807, 2.05) is 21.0 Å². The van der Waals surface area contributed by atoms with Gasteiger partial charge in [-0.2, -0.15) is 0 Å². The summed E-state index contributed by atoms with van der Waals surface area (Å²) in [6.45, 7) is 5.87. The number of rotatable bonds is 1. The summed E-state index contributed by atoms with van der Waals surface area (Å²) < 4.78 is 0. The van der Waals surface area contributed by atoms with Gasteiger partial charge in [-0.15, -0.1) is 0 Å². The molecule has 9 heavy (non-hydrogen) atoms. The van der Waals surface area contributed by atoms with Crippen molar-refractivity contribution in [2.45, 2.75) is 6.92 Å². The summed E-state index contributed by atoms with van der Waals surface area (Å²) in [4.78, 5) is 2.06. The molecule has 0 aromatic rings. The molecule has 0 aromatic heterocycles. The molecule has 1 aliphatic rings. The first kappa shape index (κ1) is 6.20. The normalized spacial score (nSPS) is 22.1. The summed E-state index contributed by atoms with van der Waals surface area (Å²) in [7, 11) is 3.93. The van der Waals surface area contributed by atoms with Gasteiger partial charge in [0.2, 0.25) is 0 Å². The molecule has 2 nitrogen and oxygen atoms in total. The van der Waals surface area contributed by atoms with Gasteiger partial charge in [-0.1, -0.05) is 6.58 Å². The van der Waals surface area contributed by atoms with Crippen molar-refractivity contribution in [3.8, 4) is 0 Å². The topological polar surface area (TPSA) is 15.0 Å². The molecule has 0 spiro atoms. The van der Waals surface area contributed by atoms with Crippen molar-refractivity contribution in [3.05, 3.63) is 23.7 Å². The lowest BCUT2D eigenvalue weighted by Crippen LogP contribution is -2.02. The van der Waals surface area contributed by atoms with Crippen LogP contribution in [0.15, 0.2) is 23.7 Å². The van der Waals surface area contributed by atoms with Crippen LogP contribution in [0.4, 0.5) is 0 Å². The van der Waals surface area contributed by atoms with Gasteiger partial charge in [0, 0.05) is 19.8 Å². The summed E-state index contributed by atoms with van der Waals surface area (Å²) in [6, 6.07) is 0. The first-order valence-electron chi connectivity index (χ1n) is 3.00. The van der Waals surface area contributed by atoms with Crippen molar-refractivity contribution >= 4 is 0 Å². The minimum absolute atomic E-state index is 1.13. The summed E-state index contributed by atoms with van der Waals surface area (Å²) in [5.41, 5.74) is 3.57. The molecule has 1 fully saturated rings. The van der Waals surface area contributed by atoms with Crippen LogP contribution in [0.1, 0.15) is 6.92 Å². The van der Waals surface area contributed by atoms with Crippen LogP contribution in [0.2, 0.25) is 0 Å². The summed E-state index contributed by atoms with van der Waals surface area (Å²) >= 11 is 0. The molecule has 1 heterocycles. The van der Waals surface area contributed by atoms with Crippen LogP contribution in [-0.2, 0) is 0 Å². The molecule has 50 valence electrons. The lowest BCUT2D eigenvalue weighted by atomic mass is 10.4. The van der Waals surface area contributed by atoms with Gasteiger partial charge in [-0.05, 0) is 6.92 Å². The maximum atomic E-state index is 3.83. The number of hydrogen-bond donors (Lipinski definition) is 1. The SMILES string of the molecule is C=C1/C(=C(/C)NC)N1C. The standard InChI is InChI=1S/C7H12N2/c1-5(8-3)7-6(2)9(7)4/h8H,2H2,1,3-4H3/b7-5+. The first-order valence-corrected chi connectivity index (χ1v) is 3.00. The van der Waals surface area contributed by atoms with Crippen LogP contribution in [0.3, 0.4) is 0 Å². The fraction of sp³-hybridized carbons (Fsp3) is 0.429. The average Bonchev–Trinajstić information content (AvgIpc) is 2.40. The van der Waals surface area contributed by atoms with Crippen molar-refractivity contribution in [1.82, 2.24) is 10.2 Å². The highest BCUT2D eigenvalue weighted by Crippen LogP contribution is 2.34. The van der Waals surface area contributed by atoms with E-state index in [-0.39, 0.29) is 0 Å². The Morgan fingerprint density at radius 2 is 2.11 bits per heavy atom. The Bertz CT molecular complexity index is 179. The fourth-order valence-electron chi connectivity index (χ4n) is 0.878. The Balaban J connectivity index is 2.76. The number of hydrogen-bond acceptors (Lipinski definition) is 2. The number of nitrogens with zero attached hydrogens (tertiary/aromatic N) is 1. The molecule has 0 unspecified atom stereocenters. The van der Waals surface area contributed by atoms with Gasteiger partial charge in [0.25, 0.3) is 0 Å². The summed E-state index contributed by atoms with van der Waals surface area (Å²) in [5, 5.41) is 3.06. The highest BCUT2D eigenvalue weighted by atomic mass is 15.3. The van der Waals surface area contributed by atoms with Crippen LogP contribution in [0, 0.1) is 0 Å².